The third-order valence-electron chi connectivity index (χ3n) is 6.08. The van der Waals surface area contributed by atoms with Crippen LogP contribution in [-0.4, -0.2) is 56.1 Å². The topological polar surface area (TPSA) is 48.0 Å². The second kappa shape index (κ2) is 10.4. The van der Waals surface area contributed by atoms with E-state index in [1.807, 2.05) is 30.3 Å². The first-order valence-electron chi connectivity index (χ1n) is 10.7. The van der Waals surface area contributed by atoms with Gasteiger partial charge in [0.05, 0.1) is 12.5 Å². The van der Waals surface area contributed by atoms with Crippen molar-refractivity contribution in [3.63, 3.8) is 0 Å². The summed E-state index contributed by atoms with van der Waals surface area (Å²) >= 11 is 0. The molecule has 2 aliphatic rings. The minimum absolute atomic E-state index is 0.121. The van der Waals surface area contributed by atoms with Crippen molar-refractivity contribution >= 4 is 5.97 Å². The van der Waals surface area contributed by atoms with Gasteiger partial charge in [-0.2, -0.15) is 0 Å². The summed E-state index contributed by atoms with van der Waals surface area (Å²) in [5.74, 6) is 0.0768. The van der Waals surface area contributed by atoms with Crippen LogP contribution >= 0.6 is 0 Å². The van der Waals surface area contributed by atoms with Gasteiger partial charge in [-0.05, 0) is 45.2 Å². The van der Waals surface area contributed by atoms with E-state index >= 15 is 0 Å². The molecule has 5 nitrogen and oxygen atoms in total. The fourth-order valence-corrected chi connectivity index (χ4v) is 4.13. The number of esters is 1. The molecule has 0 radical (unpaired) electrons. The molecule has 1 saturated carbocycles. The number of likely N-dealkylation sites (N-methyl/N-ethyl adjacent to an activating group) is 1. The highest BCUT2D eigenvalue weighted by Gasteiger charge is 2.34. The lowest BCUT2D eigenvalue weighted by molar-refractivity contribution is -0.152. The molecule has 0 spiro atoms. The van der Waals surface area contributed by atoms with Gasteiger partial charge in [-0.15, -0.1) is 0 Å². The van der Waals surface area contributed by atoms with Crippen molar-refractivity contribution in [1.29, 1.82) is 0 Å². The van der Waals surface area contributed by atoms with Crippen LogP contribution in [0.4, 0.5) is 0 Å². The van der Waals surface area contributed by atoms with Crippen LogP contribution in [-0.2, 0) is 19.0 Å². The molecular formula is C23H35NO4. The number of rotatable bonds is 8. The monoisotopic (exact) mass is 389 g/mol. The Balaban J connectivity index is 1.54. The summed E-state index contributed by atoms with van der Waals surface area (Å²) < 4.78 is 17.4. The number of nitrogens with zero attached hydrogens (tertiary/aromatic N) is 1. The van der Waals surface area contributed by atoms with E-state index in [9.17, 15) is 4.79 Å². The molecule has 0 amide bonds. The Morgan fingerprint density at radius 1 is 1.18 bits per heavy atom. The van der Waals surface area contributed by atoms with Crippen molar-refractivity contribution in [3.8, 4) is 0 Å². The molecule has 2 fully saturated rings. The molecule has 3 unspecified atom stereocenters. The maximum atomic E-state index is 13.0. The molecule has 1 aromatic rings. The van der Waals surface area contributed by atoms with E-state index in [1.54, 1.807) is 0 Å². The van der Waals surface area contributed by atoms with Gasteiger partial charge in [-0.25, -0.2) is 0 Å². The Morgan fingerprint density at radius 2 is 1.89 bits per heavy atom. The van der Waals surface area contributed by atoms with Crippen LogP contribution in [0, 0.1) is 5.92 Å². The molecule has 1 saturated heterocycles. The number of hydrogen-bond acceptors (Lipinski definition) is 5. The normalized spacial score (nSPS) is 24.6. The van der Waals surface area contributed by atoms with Gasteiger partial charge in [0.15, 0.2) is 6.29 Å². The van der Waals surface area contributed by atoms with Crippen LogP contribution in [0.1, 0.15) is 57.4 Å². The number of hydrogen-bond donors (Lipinski definition) is 0. The van der Waals surface area contributed by atoms with Crippen LogP contribution in [0.25, 0.3) is 0 Å². The van der Waals surface area contributed by atoms with Gasteiger partial charge in [0, 0.05) is 12.6 Å². The lowest BCUT2D eigenvalue weighted by Gasteiger charge is -2.29. The molecule has 3 atom stereocenters. The molecule has 1 heterocycles. The van der Waals surface area contributed by atoms with E-state index in [-0.39, 0.29) is 30.9 Å². The van der Waals surface area contributed by atoms with Crippen molar-refractivity contribution in [2.45, 2.75) is 70.3 Å². The van der Waals surface area contributed by atoms with Gasteiger partial charge in [0.2, 0.25) is 0 Å². The lowest BCUT2D eigenvalue weighted by atomic mass is 9.77. The van der Waals surface area contributed by atoms with E-state index in [2.05, 4.69) is 25.8 Å². The molecule has 1 aromatic carbocycles. The molecule has 1 aliphatic carbocycles. The first kappa shape index (κ1) is 21.3. The maximum Gasteiger partial charge on any atom is 0.313 e. The summed E-state index contributed by atoms with van der Waals surface area (Å²) in [6.07, 6.45) is 5.43. The summed E-state index contributed by atoms with van der Waals surface area (Å²) in [7, 11) is 2.05. The average Bonchev–Trinajstić information content (AvgIpc) is 3.15. The van der Waals surface area contributed by atoms with Gasteiger partial charge in [0.1, 0.15) is 12.7 Å². The molecular weight excluding hydrogens is 354 g/mol. The van der Waals surface area contributed by atoms with Crippen LogP contribution < -0.4 is 0 Å². The first-order valence-corrected chi connectivity index (χ1v) is 10.7. The lowest BCUT2D eigenvalue weighted by Crippen LogP contribution is -2.35. The van der Waals surface area contributed by atoms with Gasteiger partial charge < -0.3 is 14.2 Å². The molecule has 0 bridgehead atoms. The van der Waals surface area contributed by atoms with Crippen molar-refractivity contribution in [2.75, 3.05) is 26.8 Å². The summed E-state index contributed by atoms with van der Waals surface area (Å²) in [4.78, 5) is 15.2. The van der Waals surface area contributed by atoms with Crippen molar-refractivity contribution in [1.82, 2.24) is 4.90 Å². The second-order valence-corrected chi connectivity index (χ2v) is 8.47. The predicted molar refractivity (Wildman–Crippen MR) is 109 cm³/mol. The van der Waals surface area contributed by atoms with Crippen molar-refractivity contribution in [2.24, 2.45) is 5.92 Å². The highest BCUT2D eigenvalue weighted by molar-refractivity contribution is 5.78. The molecule has 0 aromatic heterocycles. The van der Waals surface area contributed by atoms with Gasteiger partial charge in [-0.1, -0.05) is 49.6 Å². The smallest absolute Gasteiger partial charge is 0.313 e. The fraction of sp³-hybridized carbons (Fsp3) is 0.696. The number of carbonyl (C=O) groups excluding carboxylic acids is 1. The SMILES string of the molecule is CC(C)N(C)CC1OCC(COC(=O)C(c2ccccc2)C2CCCCC2)O1. The zero-order valence-corrected chi connectivity index (χ0v) is 17.5. The molecule has 28 heavy (non-hydrogen) atoms. The minimum atomic E-state index is -0.251. The second-order valence-electron chi connectivity index (χ2n) is 8.47. The Hall–Kier alpha value is -1.43. The largest absolute Gasteiger partial charge is 0.462 e. The van der Waals surface area contributed by atoms with Crippen molar-refractivity contribution in [3.05, 3.63) is 35.9 Å². The third kappa shape index (κ3) is 5.79. The highest BCUT2D eigenvalue weighted by atomic mass is 16.7. The number of ether oxygens (including phenoxy) is 3. The van der Waals surface area contributed by atoms with Gasteiger partial charge in [-0.3, -0.25) is 9.69 Å². The standard InChI is InChI=1S/C23H35NO4/c1-17(2)24(3)14-21-26-15-20(28-21)16-27-23(25)22(18-10-6-4-7-11-18)19-12-8-5-9-13-19/h4,6-7,10-11,17,19-22H,5,8-9,12-16H2,1-3H3. The average molecular weight is 390 g/mol. The third-order valence-corrected chi connectivity index (χ3v) is 6.08. The fourth-order valence-electron chi connectivity index (χ4n) is 4.13. The first-order chi connectivity index (χ1) is 13.5. The van der Waals surface area contributed by atoms with E-state index in [0.29, 0.717) is 18.6 Å². The minimum Gasteiger partial charge on any atom is -0.462 e. The van der Waals surface area contributed by atoms with E-state index in [4.69, 9.17) is 14.2 Å². The highest BCUT2D eigenvalue weighted by Crippen LogP contribution is 2.37. The molecule has 3 rings (SSSR count). The molecule has 0 N–H and O–H groups in total. The van der Waals surface area contributed by atoms with Gasteiger partial charge in [0.25, 0.3) is 0 Å². The van der Waals surface area contributed by atoms with E-state index in [1.165, 1.54) is 19.3 Å². The maximum absolute atomic E-state index is 13.0. The molecule has 5 heteroatoms. The zero-order chi connectivity index (χ0) is 19.9. The van der Waals surface area contributed by atoms with Crippen LogP contribution in [0.2, 0.25) is 0 Å². The zero-order valence-electron chi connectivity index (χ0n) is 17.5. The van der Waals surface area contributed by atoms with Crippen LogP contribution in [0.5, 0.6) is 0 Å². The Bertz CT molecular complexity index is 600. The Kier molecular flexibility index (Phi) is 7.89. The Morgan fingerprint density at radius 3 is 2.57 bits per heavy atom. The van der Waals surface area contributed by atoms with E-state index < -0.39 is 0 Å². The molecule has 1 aliphatic heterocycles. The summed E-state index contributed by atoms with van der Waals surface area (Å²) in [6.45, 7) is 5.74. The van der Waals surface area contributed by atoms with Crippen LogP contribution in [0.3, 0.4) is 0 Å². The van der Waals surface area contributed by atoms with E-state index in [0.717, 1.165) is 24.9 Å². The summed E-state index contributed by atoms with van der Waals surface area (Å²) in [6, 6.07) is 10.5. The Labute approximate surface area is 169 Å². The predicted octanol–water partition coefficient (Wildman–Crippen LogP) is 3.98. The quantitative estimate of drug-likeness (QED) is 0.630. The summed E-state index contributed by atoms with van der Waals surface area (Å²) in [5, 5.41) is 0. The number of benzene rings is 1. The summed E-state index contributed by atoms with van der Waals surface area (Å²) in [5.41, 5.74) is 1.07. The number of carbonyl (C=O) groups is 1. The van der Waals surface area contributed by atoms with Crippen molar-refractivity contribution < 1.29 is 19.0 Å². The van der Waals surface area contributed by atoms with Crippen LogP contribution in [0.15, 0.2) is 30.3 Å². The van der Waals surface area contributed by atoms with Gasteiger partial charge >= 0.3 is 5.97 Å². The molecule has 156 valence electrons.